The van der Waals surface area contributed by atoms with Crippen LogP contribution in [0.4, 0.5) is 24.9 Å². The zero-order valence-electron chi connectivity index (χ0n) is 21.4. The highest BCUT2D eigenvalue weighted by molar-refractivity contribution is 5.83. The number of aromatic nitrogens is 5. The first-order valence-electron chi connectivity index (χ1n) is 12.3. The Hall–Kier alpha value is -4.26. The van der Waals surface area contributed by atoms with Crippen LogP contribution in [0.15, 0.2) is 42.6 Å². The number of methoxy groups -OCH3 is 1. The summed E-state index contributed by atoms with van der Waals surface area (Å²) in [6.07, 6.45) is -4.21. The second-order valence-corrected chi connectivity index (χ2v) is 9.28. The number of amides is 1. The number of halogens is 3. The molecule has 204 valence electrons. The van der Waals surface area contributed by atoms with Crippen molar-refractivity contribution in [3.8, 4) is 17.1 Å². The fourth-order valence-corrected chi connectivity index (χ4v) is 4.48. The fourth-order valence-electron chi connectivity index (χ4n) is 4.48. The number of H-pyrrole nitrogens is 1. The second-order valence-electron chi connectivity index (χ2n) is 9.28. The molecule has 1 aromatic carbocycles. The van der Waals surface area contributed by atoms with Gasteiger partial charge in [-0.15, -0.1) is 0 Å². The molecule has 0 spiro atoms. The van der Waals surface area contributed by atoms with Crippen LogP contribution in [0, 0.1) is 6.92 Å². The molecule has 4 aromatic rings. The Morgan fingerprint density at radius 1 is 1.08 bits per heavy atom. The highest BCUT2D eigenvalue weighted by Gasteiger charge is 2.34. The van der Waals surface area contributed by atoms with E-state index in [0.717, 1.165) is 27.9 Å². The van der Waals surface area contributed by atoms with Crippen molar-refractivity contribution in [1.29, 1.82) is 0 Å². The number of hydrogen-bond acceptors (Lipinski definition) is 8. The molecule has 1 aliphatic rings. The van der Waals surface area contributed by atoms with Gasteiger partial charge in [0.2, 0.25) is 17.7 Å². The summed E-state index contributed by atoms with van der Waals surface area (Å²) in [6.45, 7) is 3.94. The Balaban J connectivity index is 1.22. The van der Waals surface area contributed by atoms with Crippen LogP contribution < -0.4 is 10.1 Å². The Kier molecular flexibility index (Phi) is 7.33. The summed E-state index contributed by atoms with van der Waals surface area (Å²) in [5, 5.41) is 3.20. The predicted octanol–water partition coefficient (Wildman–Crippen LogP) is 4.07. The highest BCUT2D eigenvalue weighted by Crippen LogP contribution is 2.26. The molecule has 39 heavy (non-hydrogen) atoms. The molecule has 1 fully saturated rings. The smallest absolute Gasteiger partial charge is 0.397 e. The van der Waals surface area contributed by atoms with E-state index in [1.54, 1.807) is 19.4 Å². The van der Waals surface area contributed by atoms with Gasteiger partial charge in [-0.25, -0.2) is 15.0 Å². The number of carbonyl (C=O) groups excluding carboxylic acids is 1. The number of pyridine rings is 1. The van der Waals surface area contributed by atoms with E-state index in [2.05, 4.69) is 35.1 Å². The lowest BCUT2D eigenvalue weighted by molar-refractivity contribution is -0.162. The van der Waals surface area contributed by atoms with Gasteiger partial charge in [-0.2, -0.15) is 18.2 Å². The average molecular weight is 541 g/mol. The van der Waals surface area contributed by atoms with E-state index < -0.39 is 18.5 Å². The minimum absolute atomic E-state index is 0.271. The van der Waals surface area contributed by atoms with Crippen molar-refractivity contribution >= 4 is 28.7 Å². The molecule has 2 N–H and O–H groups in total. The maximum absolute atomic E-state index is 12.5. The minimum Gasteiger partial charge on any atom is -0.481 e. The first-order valence-corrected chi connectivity index (χ1v) is 12.3. The molecule has 0 saturated carbocycles. The number of aryl methyl sites for hydroxylation is 1. The van der Waals surface area contributed by atoms with Crippen LogP contribution in [0.2, 0.25) is 0 Å². The number of benzene rings is 1. The summed E-state index contributed by atoms with van der Waals surface area (Å²) < 4.78 is 42.8. The Bertz CT molecular complexity index is 1480. The van der Waals surface area contributed by atoms with E-state index in [1.165, 1.54) is 4.90 Å². The van der Waals surface area contributed by atoms with Gasteiger partial charge in [-0.1, -0.05) is 6.07 Å². The van der Waals surface area contributed by atoms with Crippen molar-refractivity contribution in [2.45, 2.75) is 26.1 Å². The van der Waals surface area contributed by atoms with Gasteiger partial charge in [0, 0.05) is 50.6 Å². The molecule has 0 unspecified atom stereocenters. The van der Waals surface area contributed by atoms with E-state index in [0.29, 0.717) is 43.1 Å². The third-order valence-electron chi connectivity index (χ3n) is 6.35. The number of aromatic amines is 1. The predicted molar refractivity (Wildman–Crippen MR) is 138 cm³/mol. The zero-order chi connectivity index (χ0) is 27.6. The first kappa shape index (κ1) is 26.4. The molecule has 13 heteroatoms. The number of carbonyl (C=O) groups is 1. The molecule has 3 aromatic heterocycles. The van der Waals surface area contributed by atoms with Crippen molar-refractivity contribution in [2.24, 2.45) is 0 Å². The Morgan fingerprint density at radius 3 is 2.62 bits per heavy atom. The van der Waals surface area contributed by atoms with Crippen LogP contribution in [-0.4, -0.2) is 80.1 Å². The van der Waals surface area contributed by atoms with Gasteiger partial charge in [-0.3, -0.25) is 9.69 Å². The Morgan fingerprint density at radius 2 is 1.87 bits per heavy atom. The molecule has 0 bridgehead atoms. The monoisotopic (exact) mass is 540 g/mol. The zero-order valence-corrected chi connectivity index (χ0v) is 21.4. The molecule has 10 nitrogen and oxygen atoms in total. The number of fused-ring (bicyclic) bond motifs is 1. The van der Waals surface area contributed by atoms with E-state index in [1.807, 2.05) is 37.3 Å². The van der Waals surface area contributed by atoms with Crippen molar-refractivity contribution in [3.05, 3.63) is 54.0 Å². The molecule has 4 heterocycles. The van der Waals surface area contributed by atoms with Crippen LogP contribution in [-0.2, 0) is 11.3 Å². The second kappa shape index (κ2) is 10.8. The first-order chi connectivity index (χ1) is 18.6. The van der Waals surface area contributed by atoms with Crippen molar-refractivity contribution in [2.75, 3.05) is 38.6 Å². The summed E-state index contributed by atoms with van der Waals surface area (Å²) in [5.74, 6) is 1.36. The van der Waals surface area contributed by atoms with E-state index in [-0.39, 0.29) is 13.1 Å². The number of hydrogen-bond donors (Lipinski definition) is 2. The molecule has 0 radical (unpaired) electrons. The van der Waals surface area contributed by atoms with Crippen LogP contribution >= 0.6 is 0 Å². The van der Waals surface area contributed by atoms with Gasteiger partial charge in [0.25, 0.3) is 0 Å². The molecular formula is C26H27F3N8O2. The van der Waals surface area contributed by atoms with Gasteiger partial charge in [0.15, 0.2) is 0 Å². The maximum Gasteiger partial charge on any atom is 0.397 e. The normalized spacial score (nSPS) is 14.5. The van der Waals surface area contributed by atoms with E-state index in [4.69, 9.17) is 4.74 Å². The lowest BCUT2D eigenvalue weighted by Crippen LogP contribution is -2.49. The number of anilines is 2. The number of nitrogens with zero attached hydrogens (tertiary/aromatic N) is 6. The molecule has 0 atom stereocenters. The van der Waals surface area contributed by atoms with Gasteiger partial charge in [0.1, 0.15) is 18.1 Å². The fraction of sp³-hybridized carbons (Fsp3) is 0.346. The third kappa shape index (κ3) is 6.60. The lowest BCUT2D eigenvalue weighted by Gasteiger charge is -2.35. The van der Waals surface area contributed by atoms with Gasteiger partial charge in [-0.05, 0) is 36.8 Å². The van der Waals surface area contributed by atoms with E-state index in [9.17, 15) is 18.0 Å². The molecular weight excluding hydrogens is 513 g/mol. The minimum atomic E-state index is -4.49. The Labute approximate surface area is 222 Å². The highest BCUT2D eigenvalue weighted by atomic mass is 19.4. The van der Waals surface area contributed by atoms with Crippen molar-refractivity contribution < 1.29 is 22.7 Å². The summed E-state index contributed by atoms with van der Waals surface area (Å²) >= 11 is 0. The van der Waals surface area contributed by atoms with Crippen LogP contribution in [0.1, 0.15) is 17.8 Å². The maximum atomic E-state index is 12.5. The van der Waals surface area contributed by atoms with Crippen molar-refractivity contribution in [3.63, 3.8) is 0 Å². The number of piperazine rings is 1. The van der Waals surface area contributed by atoms with Crippen LogP contribution in [0.5, 0.6) is 5.88 Å². The van der Waals surface area contributed by atoms with Crippen molar-refractivity contribution in [1.82, 2.24) is 34.7 Å². The average Bonchev–Trinajstić information content (AvgIpc) is 3.29. The van der Waals surface area contributed by atoms with Gasteiger partial charge < -0.3 is 19.9 Å². The van der Waals surface area contributed by atoms with Gasteiger partial charge in [0.05, 0.1) is 23.8 Å². The van der Waals surface area contributed by atoms with E-state index >= 15 is 0 Å². The molecule has 0 aliphatic carbocycles. The summed E-state index contributed by atoms with van der Waals surface area (Å²) in [7, 11) is 1.57. The molecule has 1 saturated heterocycles. The number of imidazole rings is 1. The number of ether oxygens (including phenoxy) is 1. The summed E-state index contributed by atoms with van der Waals surface area (Å²) in [4.78, 5) is 36.2. The largest absolute Gasteiger partial charge is 0.481 e. The number of nitrogens with one attached hydrogen (secondary N) is 2. The molecule has 1 amide bonds. The van der Waals surface area contributed by atoms with Crippen LogP contribution in [0.25, 0.3) is 22.3 Å². The van der Waals surface area contributed by atoms with Crippen LogP contribution in [0.3, 0.4) is 0 Å². The summed E-state index contributed by atoms with van der Waals surface area (Å²) in [5.41, 5.74) is 4.20. The lowest BCUT2D eigenvalue weighted by atomic mass is 10.1. The third-order valence-corrected chi connectivity index (χ3v) is 6.35. The molecule has 1 aliphatic heterocycles. The molecule has 5 rings (SSSR count). The quantitative estimate of drug-likeness (QED) is 0.361. The standard InChI is InChI=1S/C26H27F3N8O2/c1-16-31-20(13-23(32-16)39-2)18-3-4-19-21(12-18)34-25(33-19)35-22-11-17(5-6-30-22)15-36-7-9-37(10-8-36)24(38)14-26(27,28)29/h3-6,11-13H,7-10,14-15H2,1-2H3,(H2,30,33,34,35). The SMILES string of the molecule is COc1cc(-c2ccc3nc(Nc4cc(CN5CCN(C(=O)CC(F)(F)F)CC5)ccn4)[nH]c3c2)nc(C)n1. The number of alkyl halides is 3. The number of rotatable bonds is 7. The summed E-state index contributed by atoms with van der Waals surface area (Å²) in [6, 6.07) is 11.4. The topological polar surface area (TPSA) is 112 Å². The van der Waals surface area contributed by atoms with Gasteiger partial charge >= 0.3 is 6.18 Å².